The number of piperidine rings is 1. The number of hydrogen-bond acceptors (Lipinski definition) is 1. The molecule has 0 N–H and O–H groups in total. The molecule has 18 heavy (non-hydrogen) atoms. The number of carbonyl (C=O) groups excluding carboxylic acids is 1. The van der Waals surface area contributed by atoms with E-state index in [2.05, 4.69) is 22.9 Å². The van der Waals surface area contributed by atoms with E-state index in [1.54, 1.807) is 6.08 Å². The largest absolute Gasteiger partial charge is 0.339 e. The van der Waals surface area contributed by atoms with Gasteiger partial charge in [-0.2, -0.15) is 0 Å². The minimum atomic E-state index is 0.129. The molecule has 0 saturated carbocycles. The normalized spacial score (nSPS) is 20.3. The standard InChI is InChI=1S/C15H18BrNO/c1-12-3-2-10-17(11-12)15(18)9-6-13-4-7-14(16)8-5-13/h4-9,12H,2-3,10-11H2,1H3/b9-6+/t12-/m0/s1. The van der Waals surface area contributed by atoms with Gasteiger partial charge in [0.05, 0.1) is 0 Å². The highest BCUT2D eigenvalue weighted by molar-refractivity contribution is 9.10. The lowest BCUT2D eigenvalue weighted by Crippen LogP contribution is -2.38. The Hall–Kier alpha value is -1.09. The van der Waals surface area contributed by atoms with Gasteiger partial charge in [0.1, 0.15) is 0 Å². The lowest BCUT2D eigenvalue weighted by molar-refractivity contribution is -0.127. The van der Waals surface area contributed by atoms with Gasteiger partial charge in [-0.1, -0.05) is 35.0 Å². The van der Waals surface area contributed by atoms with Crippen LogP contribution in [0.2, 0.25) is 0 Å². The lowest BCUT2D eigenvalue weighted by atomic mass is 10.0. The highest BCUT2D eigenvalue weighted by Gasteiger charge is 2.18. The smallest absolute Gasteiger partial charge is 0.246 e. The van der Waals surface area contributed by atoms with Crippen LogP contribution in [0.15, 0.2) is 34.8 Å². The monoisotopic (exact) mass is 307 g/mol. The summed E-state index contributed by atoms with van der Waals surface area (Å²) in [5.74, 6) is 0.758. The zero-order valence-corrected chi connectivity index (χ0v) is 12.2. The zero-order chi connectivity index (χ0) is 13.0. The summed E-state index contributed by atoms with van der Waals surface area (Å²) in [6, 6.07) is 7.94. The van der Waals surface area contributed by atoms with Gasteiger partial charge in [0, 0.05) is 23.6 Å². The minimum absolute atomic E-state index is 0.129. The molecular weight excluding hydrogens is 290 g/mol. The van der Waals surface area contributed by atoms with Crippen molar-refractivity contribution in [3.8, 4) is 0 Å². The van der Waals surface area contributed by atoms with E-state index in [1.165, 1.54) is 6.42 Å². The third-order valence-corrected chi connectivity index (χ3v) is 3.79. The van der Waals surface area contributed by atoms with E-state index in [1.807, 2.05) is 35.2 Å². The molecular formula is C15H18BrNO. The summed E-state index contributed by atoms with van der Waals surface area (Å²) in [5.41, 5.74) is 1.05. The maximum atomic E-state index is 12.0. The van der Waals surface area contributed by atoms with Crippen molar-refractivity contribution in [2.45, 2.75) is 19.8 Å². The molecule has 2 nitrogen and oxygen atoms in total. The van der Waals surface area contributed by atoms with Crippen molar-refractivity contribution in [2.24, 2.45) is 5.92 Å². The molecule has 96 valence electrons. The fourth-order valence-corrected chi connectivity index (χ4v) is 2.50. The number of halogens is 1. The van der Waals surface area contributed by atoms with Crippen LogP contribution in [0.4, 0.5) is 0 Å². The summed E-state index contributed by atoms with van der Waals surface area (Å²) in [6.07, 6.45) is 5.93. The van der Waals surface area contributed by atoms with Crippen LogP contribution >= 0.6 is 15.9 Å². The first kappa shape index (κ1) is 13.3. The van der Waals surface area contributed by atoms with E-state index in [9.17, 15) is 4.79 Å². The molecule has 1 heterocycles. The number of carbonyl (C=O) groups is 1. The van der Waals surface area contributed by atoms with E-state index in [0.29, 0.717) is 5.92 Å². The molecule has 2 rings (SSSR count). The Morgan fingerprint density at radius 2 is 2.11 bits per heavy atom. The second-order valence-electron chi connectivity index (χ2n) is 4.92. The van der Waals surface area contributed by atoms with Crippen LogP contribution in [0.5, 0.6) is 0 Å². The van der Waals surface area contributed by atoms with Crippen LogP contribution in [0.3, 0.4) is 0 Å². The van der Waals surface area contributed by atoms with Crippen LogP contribution < -0.4 is 0 Å². The highest BCUT2D eigenvalue weighted by Crippen LogP contribution is 2.16. The predicted molar refractivity (Wildman–Crippen MR) is 78.2 cm³/mol. The van der Waals surface area contributed by atoms with Gasteiger partial charge < -0.3 is 4.90 Å². The molecule has 1 fully saturated rings. The first-order valence-corrected chi connectivity index (χ1v) is 7.17. The molecule has 1 amide bonds. The molecule has 1 aliphatic rings. The molecule has 1 saturated heterocycles. The van der Waals surface area contributed by atoms with Crippen LogP contribution in [0.25, 0.3) is 6.08 Å². The second-order valence-corrected chi connectivity index (χ2v) is 5.83. The second kappa shape index (κ2) is 6.19. The van der Waals surface area contributed by atoms with Gasteiger partial charge in [-0.3, -0.25) is 4.79 Å². The number of amides is 1. The Morgan fingerprint density at radius 3 is 2.78 bits per heavy atom. The molecule has 1 atom stereocenters. The number of likely N-dealkylation sites (tertiary alicyclic amines) is 1. The first-order chi connectivity index (χ1) is 8.65. The SMILES string of the molecule is C[C@H]1CCCN(C(=O)/C=C/c2ccc(Br)cc2)C1. The molecule has 1 aromatic carbocycles. The number of hydrogen-bond donors (Lipinski definition) is 0. The number of nitrogens with zero attached hydrogens (tertiary/aromatic N) is 1. The summed E-state index contributed by atoms with van der Waals surface area (Å²) in [6.45, 7) is 4.00. The van der Waals surface area contributed by atoms with Crippen LogP contribution in [-0.4, -0.2) is 23.9 Å². The van der Waals surface area contributed by atoms with Crippen molar-refractivity contribution in [1.29, 1.82) is 0 Å². The van der Waals surface area contributed by atoms with Crippen LogP contribution in [-0.2, 0) is 4.79 Å². The average Bonchev–Trinajstić information content (AvgIpc) is 2.38. The Morgan fingerprint density at radius 1 is 1.39 bits per heavy atom. The van der Waals surface area contributed by atoms with E-state index in [0.717, 1.165) is 29.5 Å². The predicted octanol–water partition coefficient (Wildman–Crippen LogP) is 3.72. The van der Waals surface area contributed by atoms with Crippen molar-refractivity contribution in [2.75, 3.05) is 13.1 Å². The van der Waals surface area contributed by atoms with Gasteiger partial charge in [0.2, 0.25) is 5.91 Å². The van der Waals surface area contributed by atoms with Crippen molar-refractivity contribution in [3.05, 3.63) is 40.4 Å². The minimum Gasteiger partial charge on any atom is -0.339 e. The van der Waals surface area contributed by atoms with Crippen molar-refractivity contribution < 1.29 is 4.79 Å². The maximum Gasteiger partial charge on any atom is 0.246 e. The topological polar surface area (TPSA) is 20.3 Å². The molecule has 0 aliphatic carbocycles. The van der Waals surface area contributed by atoms with E-state index < -0.39 is 0 Å². The Balaban J connectivity index is 1.96. The molecule has 3 heteroatoms. The molecule has 0 radical (unpaired) electrons. The van der Waals surface area contributed by atoms with E-state index in [4.69, 9.17) is 0 Å². The fourth-order valence-electron chi connectivity index (χ4n) is 2.24. The molecule has 0 spiro atoms. The van der Waals surface area contributed by atoms with Crippen molar-refractivity contribution >= 4 is 27.9 Å². The van der Waals surface area contributed by atoms with Gasteiger partial charge in [-0.05, 0) is 42.5 Å². The summed E-state index contributed by atoms with van der Waals surface area (Å²) < 4.78 is 1.05. The van der Waals surface area contributed by atoms with E-state index >= 15 is 0 Å². The number of rotatable bonds is 2. The third kappa shape index (κ3) is 3.70. The van der Waals surface area contributed by atoms with Crippen molar-refractivity contribution in [3.63, 3.8) is 0 Å². The van der Waals surface area contributed by atoms with Crippen LogP contribution in [0.1, 0.15) is 25.3 Å². The third-order valence-electron chi connectivity index (χ3n) is 3.26. The molecule has 1 aromatic rings. The van der Waals surface area contributed by atoms with Gasteiger partial charge in [0.15, 0.2) is 0 Å². The van der Waals surface area contributed by atoms with Crippen molar-refractivity contribution in [1.82, 2.24) is 4.90 Å². The number of benzene rings is 1. The van der Waals surface area contributed by atoms with Gasteiger partial charge in [-0.25, -0.2) is 0 Å². The Bertz CT molecular complexity index is 438. The van der Waals surface area contributed by atoms with Gasteiger partial charge in [-0.15, -0.1) is 0 Å². The average molecular weight is 308 g/mol. The molecule has 1 aliphatic heterocycles. The molecule has 0 unspecified atom stereocenters. The molecule has 0 bridgehead atoms. The zero-order valence-electron chi connectivity index (χ0n) is 10.6. The van der Waals surface area contributed by atoms with Gasteiger partial charge in [0.25, 0.3) is 0 Å². The maximum absolute atomic E-state index is 12.0. The highest BCUT2D eigenvalue weighted by atomic mass is 79.9. The Kier molecular flexibility index (Phi) is 4.59. The van der Waals surface area contributed by atoms with Gasteiger partial charge >= 0.3 is 0 Å². The van der Waals surface area contributed by atoms with Crippen LogP contribution in [0, 0.1) is 5.92 Å². The summed E-state index contributed by atoms with van der Waals surface area (Å²) >= 11 is 3.40. The lowest BCUT2D eigenvalue weighted by Gasteiger charge is -2.30. The molecule has 0 aromatic heterocycles. The summed E-state index contributed by atoms with van der Waals surface area (Å²) in [4.78, 5) is 14.0. The first-order valence-electron chi connectivity index (χ1n) is 6.38. The fraction of sp³-hybridized carbons (Fsp3) is 0.400. The summed E-state index contributed by atoms with van der Waals surface area (Å²) in [5, 5.41) is 0. The Labute approximate surface area is 117 Å². The summed E-state index contributed by atoms with van der Waals surface area (Å²) in [7, 11) is 0. The van der Waals surface area contributed by atoms with E-state index in [-0.39, 0.29) is 5.91 Å². The quantitative estimate of drug-likeness (QED) is 0.763.